The highest BCUT2D eigenvalue weighted by atomic mass is 32.1. The molecule has 1 atom stereocenters. The Morgan fingerprint density at radius 1 is 1.02 bits per heavy atom. The van der Waals surface area contributed by atoms with E-state index >= 15 is 0 Å². The number of carboxylic acid groups (broad SMARTS) is 1. The van der Waals surface area contributed by atoms with Gasteiger partial charge in [0.15, 0.2) is 4.80 Å². The number of rotatable bonds is 8. The average Bonchev–Trinajstić information content (AvgIpc) is 3.61. The number of aromatic carboxylic acids is 1. The second-order valence-electron chi connectivity index (χ2n) is 10.4. The number of amides is 1. The standard InChI is InChI=1S/C35H29N3O6S/c1-4-43-24-15-13-22(14-16-24)31-30(32(39)37-23-9-6-5-7-10-23)21(3)36-35-38(31)33(40)29(45-35)19-25-17-18-28(44-25)26-11-8-12-27(20(26)2)34(41)42/h5-19,31H,4H2,1-3H3,(H,37,39)(H,41,42)/b29-19-/t31-/m1/s1. The number of carbonyl (C=O) groups is 2. The van der Waals surface area contributed by atoms with Crippen LogP contribution in [0.2, 0.25) is 0 Å². The summed E-state index contributed by atoms with van der Waals surface area (Å²) >= 11 is 1.20. The highest BCUT2D eigenvalue weighted by Gasteiger charge is 2.32. The van der Waals surface area contributed by atoms with E-state index in [4.69, 9.17) is 14.1 Å². The molecule has 226 valence electrons. The summed E-state index contributed by atoms with van der Waals surface area (Å²) in [6.45, 7) is 5.91. The molecule has 2 N–H and O–H groups in total. The van der Waals surface area contributed by atoms with Crippen LogP contribution in [-0.2, 0) is 4.79 Å². The van der Waals surface area contributed by atoms with Gasteiger partial charge in [-0.25, -0.2) is 9.79 Å². The molecule has 3 aromatic carbocycles. The van der Waals surface area contributed by atoms with Crippen molar-refractivity contribution in [2.45, 2.75) is 26.8 Å². The van der Waals surface area contributed by atoms with Crippen LogP contribution >= 0.6 is 11.3 Å². The lowest BCUT2D eigenvalue weighted by molar-refractivity contribution is -0.113. The van der Waals surface area contributed by atoms with Crippen molar-refractivity contribution in [3.63, 3.8) is 0 Å². The number of thiazole rings is 1. The molecule has 2 aromatic heterocycles. The molecule has 0 fully saturated rings. The number of hydrogen-bond donors (Lipinski definition) is 2. The van der Waals surface area contributed by atoms with Gasteiger partial charge in [-0.3, -0.25) is 14.2 Å². The monoisotopic (exact) mass is 619 g/mol. The maximum absolute atomic E-state index is 14.1. The van der Waals surface area contributed by atoms with Crippen LogP contribution in [0, 0.1) is 6.92 Å². The van der Waals surface area contributed by atoms with Crippen LogP contribution < -0.4 is 24.9 Å². The van der Waals surface area contributed by atoms with Crippen LogP contribution in [0.4, 0.5) is 5.69 Å². The summed E-state index contributed by atoms with van der Waals surface area (Å²) in [5, 5.41) is 12.5. The number of allylic oxidation sites excluding steroid dienone is 1. The summed E-state index contributed by atoms with van der Waals surface area (Å²) in [5.74, 6) is 0.215. The van der Waals surface area contributed by atoms with E-state index in [9.17, 15) is 19.5 Å². The Kier molecular flexibility index (Phi) is 8.06. The summed E-state index contributed by atoms with van der Waals surface area (Å²) in [7, 11) is 0. The third kappa shape index (κ3) is 5.75. The number of fused-ring (bicyclic) bond motifs is 1. The molecule has 1 aliphatic heterocycles. The predicted molar refractivity (Wildman–Crippen MR) is 172 cm³/mol. The molecular formula is C35H29N3O6S. The van der Waals surface area contributed by atoms with Crippen LogP contribution in [-0.4, -0.2) is 28.2 Å². The van der Waals surface area contributed by atoms with Gasteiger partial charge in [0.05, 0.1) is 34.0 Å². The number of aromatic nitrogens is 1. The minimum Gasteiger partial charge on any atom is -0.494 e. The van der Waals surface area contributed by atoms with Gasteiger partial charge in [-0.15, -0.1) is 0 Å². The quantitative estimate of drug-likeness (QED) is 0.235. The molecule has 0 bridgehead atoms. The average molecular weight is 620 g/mol. The Balaban J connectivity index is 1.44. The normalized spacial score (nSPS) is 14.6. The van der Waals surface area contributed by atoms with Crippen molar-refractivity contribution >= 4 is 35.0 Å². The maximum Gasteiger partial charge on any atom is 0.335 e. The Bertz CT molecular complexity index is 2140. The Hall–Kier alpha value is -5.48. The lowest BCUT2D eigenvalue weighted by Crippen LogP contribution is -2.40. The molecule has 45 heavy (non-hydrogen) atoms. The first-order valence-electron chi connectivity index (χ1n) is 14.3. The largest absolute Gasteiger partial charge is 0.494 e. The summed E-state index contributed by atoms with van der Waals surface area (Å²) in [6, 6.07) is 24.2. The van der Waals surface area contributed by atoms with E-state index in [0.717, 1.165) is 5.56 Å². The molecule has 0 radical (unpaired) electrons. The summed E-state index contributed by atoms with van der Waals surface area (Å²) in [5.41, 5.74) is 3.32. The number of carbonyl (C=O) groups excluding carboxylic acids is 1. The van der Waals surface area contributed by atoms with Crippen molar-refractivity contribution in [2.75, 3.05) is 11.9 Å². The van der Waals surface area contributed by atoms with Crippen LogP contribution in [0.25, 0.3) is 17.4 Å². The van der Waals surface area contributed by atoms with Crippen LogP contribution in [0.3, 0.4) is 0 Å². The molecule has 0 saturated carbocycles. The molecule has 5 aromatic rings. The number of para-hydroxylation sites is 1. The Labute approximate surface area is 262 Å². The van der Waals surface area contributed by atoms with E-state index in [0.29, 0.717) is 61.3 Å². The van der Waals surface area contributed by atoms with Gasteiger partial charge in [0.2, 0.25) is 0 Å². The van der Waals surface area contributed by atoms with Crippen molar-refractivity contribution in [1.82, 2.24) is 4.57 Å². The molecular weight excluding hydrogens is 590 g/mol. The third-order valence-electron chi connectivity index (χ3n) is 7.53. The minimum atomic E-state index is -1.02. The van der Waals surface area contributed by atoms with Gasteiger partial charge in [-0.1, -0.05) is 53.8 Å². The number of furan rings is 1. The predicted octanol–water partition coefficient (Wildman–Crippen LogP) is 5.54. The number of carboxylic acids is 1. The topological polar surface area (TPSA) is 123 Å². The summed E-state index contributed by atoms with van der Waals surface area (Å²) in [6.07, 6.45) is 1.64. The lowest BCUT2D eigenvalue weighted by atomic mass is 9.95. The van der Waals surface area contributed by atoms with Crippen molar-refractivity contribution < 1.29 is 23.8 Å². The molecule has 3 heterocycles. The molecule has 0 unspecified atom stereocenters. The Morgan fingerprint density at radius 3 is 2.49 bits per heavy atom. The van der Waals surface area contributed by atoms with Gasteiger partial charge >= 0.3 is 5.97 Å². The fourth-order valence-electron chi connectivity index (χ4n) is 5.40. The smallest absolute Gasteiger partial charge is 0.335 e. The molecule has 0 saturated heterocycles. The van der Waals surface area contributed by atoms with Crippen molar-refractivity contribution in [3.8, 4) is 17.1 Å². The van der Waals surface area contributed by atoms with Gasteiger partial charge < -0.3 is 19.6 Å². The van der Waals surface area contributed by atoms with E-state index in [1.807, 2.05) is 49.4 Å². The Morgan fingerprint density at radius 2 is 1.78 bits per heavy atom. The zero-order valence-corrected chi connectivity index (χ0v) is 25.6. The van der Waals surface area contributed by atoms with E-state index in [1.54, 1.807) is 67.0 Å². The first kappa shape index (κ1) is 29.6. The first-order valence-corrected chi connectivity index (χ1v) is 15.1. The SMILES string of the molecule is CCOc1ccc([C@@H]2C(C(=O)Nc3ccccc3)=C(C)N=c3s/c(=C\c4ccc(-c5cccc(C(=O)O)c5C)o4)c(=O)n32)cc1. The number of nitrogens with zero attached hydrogens (tertiary/aromatic N) is 2. The van der Waals surface area contributed by atoms with Gasteiger partial charge in [0.25, 0.3) is 11.5 Å². The zero-order chi connectivity index (χ0) is 31.7. The second kappa shape index (κ2) is 12.3. The van der Waals surface area contributed by atoms with E-state index in [-0.39, 0.29) is 17.0 Å². The second-order valence-corrected chi connectivity index (χ2v) is 11.4. The number of anilines is 1. The minimum absolute atomic E-state index is 0.190. The summed E-state index contributed by atoms with van der Waals surface area (Å²) in [4.78, 5) is 44.6. The van der Waals surface area contributed by atoms with Gasteiger partial charge in [-0.05, 0) is 74.4 Å². The number of benzene rings is 3. The third-order valence-corrected chi connectivity index (χ3v) is 8.52. The van der Waals surface area contributed by atoms with Gasteiger partial charge in [0, 0.05) is 17.3 Å². The van der Waals surface area contributed by atoms with E-state index in [1.165, 1.54) is 11.3 Å². The molecule has 1 amide bonds. The highest BCUT2D eigenvalue weighted by molar-refractivity contribution is 7.07. The van der Waals surface area contributed by atoms with Crippen LogP contribution in [0.1, 0.15) is 47.1 Å². The number of ether oxygens (including phenoxy) is 1. The molecule has 0 aliphatic carbocycles. The van der Waals surface area contributed by atoms with Crippen molar-refractivity contribution in [1.29, 1.82) is 0 Å². The fraction of sp³-hybridized carbons (Fsp3) is 0.143. The number of hydrogen-bond acceptors (Lipinski definition) is 7. The van der Waals surface area contributed by atoms with Crippen LogP contribution in [0.15, 0.2) is 110 Å². The van der Waals surface area contributed by atoms with E-state index in [2.05, 4.69) is 5.32 Å². The fourth-order valence-corrected chi connectivity index (χ4v) is 6.43. The highest BCUT2D eigenvalue weighted by Crippen LogP contribution is 2.32. The lowest BCUT2D eigenvalue weighted by Gasteiger charge is -2.25. The number of nitrogens with one attached hydrogen (secondary N) is 1. The zero-order valence-electron chi connectivity index (χ0n) is 24.7. The molecule has 1 aliphatic rings. The maximum atomic E-state index is 14.1. The first-order chi connectivity index (χ1) is 21.7. The van der Waals surface area contributed by atoms with Gasteiger partial charge in [0.1, 0.15) is 17.3 Å². The molecule has 6 rings (SSSR count). The molecule has 0 spiro atoms. The van der Waals surface area contributed by atoms with Crippen LogP contribution in [0.5, 0.6) is 5.75 Å². The van der Waals surface area contributed by atoms with E-state index < -0.39 is 12.0 Å². The molecule has 10 heteroatoms. The summed E-state index contributed by atoms with van der Waals surface area (Å²) < 4.78 is 13.6. The van der Waals surface area contributed by atoms with Crippen molar-refractivity contribution in [3.05, 3.63) is 138 Å². The van der Waals surface area contributed by atoms with Crippen molar-refractivity contribution in [2.24, 2.45) is 4.99 Å². The molecule has 9 nitrogen and oxygen atoms in total. The van der Waals surface area contributed by atoms with Gasteiger partial charge in [-0.2, -0.15) is 0 Å².